The average molecular weight is 719 g/mol. The van der Waals surface area contributed by atoms with Crippen LogP contribution in [0.5, 0.6) is 0 Å². The van der Waals surface area contributed by atoms with Crippen molar-refractivity contribution in [1.29, 1.82) is 0 Å². The molecule has 0 heterocycles. The molecule has 0 saturated carbocycles. The third-order valence-electron chi connectivity index (χ3n) is 12.7. The molecule has 0 spiro atoms. The zero-order chi connectivity index (χ0) is 39.4. The Bertz CT molecular complexity index is 1970. The highest BCUT2D eigenvalue weighted by atomic mass is 28.2. The fourth-order valence-corrected chi connectivity index (χ4v) is 10.9. The summed E-state index contributed by atoms with van der Waals surface area (Å²) in [6.07, 6.45) is 5.08. The molecule has 0 N–H and O–H groups in total. The Hall–Kier alpha value is -3.42. The van der Waals surface area contributed by atoms with Gasteiger partial charge in [-0.3, -0.25) is 0 Å². The first-order valence-corrected chi connectivity index (χ1v) is 20.9. The highest BCUT2D eigenvalue weighted by molar-refractivity contribution is 6.48. The number of fused-ring (bicyclic) bond motifs is 2. The molecule has 0 aliphatic heterocycles. The third kappa shape index (κ3) is 6.79. The number of allylic oxidation sites excluding steroid dienone is 2. The fourth-order valence-electron chi connectivity index (χ4n) is 8.65. The lowest BCUT2D eigenvalue weighted by molar-refractivity contribution is 0.568. The van der Waals surface area contributed by atoms with Gasteiger partial charge in [0.05, 0.1) is 9.52 Å². The number of benzene rings is 4. The number of hydrogen-bond acceptors (Lipinski definition) is 0. The van der Waals surface area contributed by atoms with Crippen LogP contribution in [0, 0.1) is 13.8 Å². The lowest BCUT2D eigenvalue weighted by Gasteiger charge is -2.38. The quantitative estimate of drug-likeness (QED) is 0.184. The molecule has 2 aliphatic carbocycles. The van der Waals surface area contributed by atoms with E-state index in [9.17, 15) is 0 Å². The van der Waals surface area contributed by atoms with Crippen molar-refractivity contribution in [2.45, 2.75) is 156 Å². The van der Waals surface area contributed by atoms with E-state index in [1.807, 2.05) is 0 Å². The lowest BCUT2D eigenvalue weighted by Crippen LogP contribution is -2.43. The third-order valence-corrected chi connectivity index (χ3v) is 15.0. The standard InChI is InChI=1S/C52H66Si/c1-31-19-21-43-41(45(31)35-25-37(47(5,6)7)29-38(26-35)48(8,9)10)23-33(3)51(43,17)53-52(18)34(4)24-42-44(52)22-20-32(2)46(42)36-27-39(49(11,12)13)30-40(28-36)50(14,15)16/h19-30H,1-18H3. The van der Waals surface area contributed by atoms with Crippen LogP contribution in [-0.2, 0) is 31.7 Å². The van der Waals surface area contributed by atoms with Gasteiger partial charge in [-0.05, 0) is 127 Å². The molecule has 2 aliphatic rings. The number of hydrogen-bond donors (Lipinski definition) is 0. The highest BCUT2D eigenvalue weighted by Gasteiger charge is 2.47. The van der Waals surface area contributed by atoms with Gasteiger partial charge in [0.2, 0.25) is 0 Å². The molecule has 2 atom stereocenters. The van der Waals surface area contributed by atoms with Gasteiger partial charge in [-0.1, -0.05) is 181 Å². The molecule has 0 fully saturated rings. The van der Waals surface area contributed by atoms with Gasteiger partial charge in [-0.25, -0.2) is 0 Å². The topological polar surface area (TPSA) is 0 Å². The van der Waals surface area contributed by atoms with E-state index >= 15 is 0 Å². The van der Waals surface area contributed by atoms with E-state index in [0.29, 0.717) is 9.52 Å². The minimum absolute atomic E-state index is 0.0669. The van der Waals surface area contributed by atoms with Crippen molar-refractivity contribution in [1.82, 2.24) is 0 Å². The van der Waals surface area contributed by atoms with Crippen LogP contribution < -0.4 is 0 Å². The van der Waals surface area contributed by atoms with Crippen LogP contribution in [0.25, 0.3) is 34.4 Å². The summed E-state index contributed by atoms with van der Waals surface area (Å²) in [4.78, 5) is 0. The predicted molar refractivity (Wildman–Crippen MR) is 236 cm³/mol. The Balaban J connectivity index is 1.50. The van der Waals surface area contributed by atoms with Crippen molar-refractivity contribution in [3.63, 3.8) is 0 Å². The molecule has 53 heavy (non-hydrogen) atoms. The Labute approximate surface area is 326 Å². The maximum Gasteiger partial charge on any atom is 0.0757 e. The Morgan fingerprint density at radius 1 is 0.415 bits per heavy atom. The summed E-state index contributed by atoms with van der Waals surface area (Å²) in [6, 6.07) is 24.5. The molecule has 0 saturated heterocycles. The first-order chi connectivity index (χ1) is 24.2. The zero-order valence-corrected chi connectivity index (χ0v) is 37.4. The van der Waals surface area contributed by atoms with Crippen molar-refractivity contribution in [2.75, 3.05) is 0 Å². The molecule has 0 bridgehead atoms. The van der Waals surface area contributed by atoms with Crippen molar-refractivity contribution in [3.8, 4) is 22.3 Å². The molecule has 0 aromatic heterocycles. The highest BCUT2D eigenvalue weighted by Crippen LogP contribution is 2.53. The van der Waals surface area contributed by atoms with Gasteiger partial charge >= 0.3 is 0 Å². The van der Waals surface area contributed by atoms with Crippen molar-refractivity contribution >= 4 is 21.7 Å². The molecule has 0 amide bonds. The SMILES string of the molecule is CC1=Cc2c(ccc(C)c2-c2cc(C(C)(C)C)cc(C(C)(C)C)c2)C1(C)[Si]C1(C)C(C)=Cc2c1ccc(C)c2-c1cc(C(C)(C)C)cc(C(C)(C)C)c1. The summed E-state index contributed by atoms with van der Waals surface area (Å²) in [5.41, 5.74) is 22.9. The van der Waals surface area contributed by atoms with Crippen molar-refractivity contribution in [2.24, 2.45) is 0 Å². The van der Waals surface area contributed by atoms with E-state index < -0.39 is 0 Å². The van der Waals surface area contributed by atoms with Gasteiger partial charge in [0.15, 0.2) is 0 Å². The van der Waals surface area contributed by atoms with Gasteiger partial charge in [-0.15, -0.1) is 0 Å². The fraction of sp³-hybridized carbons (Fsp3) is 0.462. The van der Waals surface area contributed by atoms with Gasteiger partial charge in [-0.2, -0.15) is 0 Å². The molecule has 1 heteroatoms. The zero-order valence-electron chi connectivity index (χ0n) is 36.4. The van der Waals surface area contributed by atoms with Gasteiger partial charge < -0.3 is 0 Å². The first kappa shape index (κ1) is 39.3. The van der Waals surface area contributed by atoms with Crippen LogP contribution in [0.1, 0.15) is 166 Å². The molecule has 278 valence electrons. The number of aryl methyl sites for hydroxylation is 2. The lowest BCUT2D eigenvalue weighted by atomic mass is 9.78. The first-order valence-electron chi connectivity index (χ1n) is 19.9. The molecule has 4 aromatic carbocycles. The second-order valence-electron chi connectivity index (χ2n) is 21.1. The van der Waals surface area contributed by atoms with E-state index in [0.717, 1.165) is 0 Å². The van der Waals surface area contributed by atoms with Crippen LogP contribution in [0.2, 0.25) is 0 Å². The van der Waals surface area contributed by atoms with Crippen LogP contribution in [-0.4, -0.2) is 9.52 Å². The predicted octanol–water partition coefficient (Wildman–Crippen LogP) is 14.5. The normalized spacial score (nSPS) is 20.3. The van der Waals surface area contributed by atoms with E-state index in [4.69, 9.17) is 0 Å². The summed E-state index contributed by atoms with van der Waals surface area (Å²) in [6.45, 7) is 42.6. The van der Waals surface area contributed by atoms with E-state index in [1.54, 1.807) is 0 Å². The molecule has 2 unspecified atom stereocenters. The monoisotopic (exact) mass is 718 g/mol. The van der Waals surface area contributed by atoms with Gasteiger partial charge in [0.1, 0.15) is 0 Å². The molecular weight excluding hydrogens is 653 g/mol. The van der Waals surface area contributed by atoms with Gasteiger partial charge in [0, 0.05) is 10.1 Å². The van der Waals surface area contributed by atoms with E-state index in [-0.39, 0.29) is 31.7 Å². The molecule has 0 nitrogen and oxygen atoms in total. The second kappa shape index (κ2) is 12.6. The van der Waals surface area contributed by atoms with Crippen molar-refractivity contribution < 1.29 is 0 Å². The molecule has 6 rings (SSSR count). The Kier molecular flexibility index (Phi) is 9.31. The van der Waals surface area contributed by atoms with Gasteiger partial charge in [0.25, 0.3) is 0 Å². The summed E-state index contributed by atoms with van der Waals surface area (Å²) in [7, 11) is 0.659. The van der Waals surface area contributed by atoms with Crippen LogP contribution in [0.4, 0.5) is 0 Å². The summed E-state index contributed by atoms with van der Waals surface area (Å²) in [5, 5.41) is -0.150. The average Bonchev–Trinajstić information content (AvgIpc) is 3.41. The second-order valence-corrected chi connectivity index (χ2v) is 23.3. The number of rotatable bonds is 4. The Morgan fingerprint density at radius 2 is 0.698 bits per heavy atom. The molecule has 2 radical (unpaired) electrons. The van der Waals surface area contributed by atoms with E-state index in [1.165, 1.54) is 89.0 Å². The van der Waals surface area contributed by atoms with Crippen LogP contribution in [0.15, 0.2) is 71.8 Å². The van der Waals surface area contributed by atoms with E-state index in [2.05, 4.69) is 197 Å². The smallest absolute Gasteiger partial charge is 0.0656 e. The van der Waals surface area contributed by atoms with Crippen molar-refractivity contribution in [3.05, 3.63) is 127 Å². The minimum atomic E-state index is -0.0751. The minimum Gasteiger partial charge on any atom is -0.0656 e. The summed E-state index contributed by atoms with van der Waals surface area (Å²) in [5.74, 6) is 0. The molecular formula is C52H66Si. The summed E-state index contributed by atoms with van der Waals surface area (Å²) >= 11 is 0. The van der Waals surface area contributed by atoms with Crippen LogP contribution >= 0.6 is 0 Å². The maximum absolute atomic E-state index is 2.54. The maximum atomic E-state index is 2.54. The van der Waals surface area contributed by atoms with Crippen LogP contribution in [0.3, 0.4) is 0 Å². The summed E-state index contributed by atoms with van der Waals surface area (Å²) < 4.78 is 0. The molecule has 4 aromatic rings. The Morgan fingerprint density at radius 3 is 0.962 bits per heavy atom. The largest absolute Gasteiger partial charge is 0.0757 e.